The Balaban J connectivity index is 1.38. The number of hydrogen-bond donors (Lipinski definition) is 1. The zero-order valence-electron chi connectivity index (χ0n) is 14.2. The van der Waals surface area contributed by atoms with Gasteiger partial charge in [-0.25, -0.2) is 18.5 Å². The summed E-state index contributed by atoms with van der Waals surface area (Å²) in [5, 5.41) is 0.958. The molecular weight excluding hydrogens is 367 g/mol. The van der Waals surface area contributed by atoms with Crippen LogP contribution in [0.5, 0.6) is 0 Å². The molecule has 0 spiro atoms. The summed E-state index contributed by atoms with van der Waals surface area (Å²) in [4.78, 5) is 13.7. The van der Waals surface area contributed by atoms with Gasteiger partial charge in [0.1, 0.15) is 17.8 Å². The van der Waals surface area contributed by atoms with Crippen molar-refractivity contribution in [2.75, 3.05) is 31.6 Å². The molecule has 2 aliphatic rings. The zero-order chi connectivity index (χ0) is 18.5. The molecule has 0 radical (unpaired) electrons. The fourth-order valence-electron chi connectivity index (χ4n) is 4.45. The van der Waals surface area contributed by atoms with Gasteiger partial charge in [0.15, 0.2) is 0 Å². The van der Waals surface area contributed by atoms with Crippen LogP contribution in [0.1, 0.15) is 12.8 Å². The molecule has 6 nitrogen and oxygen atoms in total. The molecule has 2 fully saturated rings. The van der Waals surface area contributed by atoms with Crippen LogP contribution in [0.15, 0.2) is 18.6 Å². The van der Waals surface area contributed by atoms with Crippen molar-refractivity contribution < 1.29 is 17.4 Å². The summed E-state index contributed by atoms with van der Waals surface area (Å²) in [6, 6.07) is 1.94. The lowest BCUT2D eigenvalue weighted by Crippen LogP contribution is -2.34. The number of anilines is 1. The highest BCUT2D eigenvalue weighted by Crippen LogP contribution is 2.43. The number of nitrogens with zero attached hydrogens (tertiary/aromatic N) is 4. The van der Waals surface area contributed by atoms with E-state index in [1.807, 2.05) is 19.3 Å². The third kappa shape index (κ3) is 3.20. The van der Waals surface area contributed by atoms with Crippen molar-refractivity contribution in [2.45, 2.75) is 18.3 Å². The molecule has 1 aliphatic heterocycles. The number of alkyl halides is 3. The molecule has 1 aliphatic carbocycles. The van der Waals surface area contributed by atoms with Crippen LogP contribution in [0.2, 0.25) is 0 Å². The molecule has 3 unspecified atom stereocenters. The van der Waals surface area contributed by atoms with E-state index in [1.165, 1.54) is 6.33 Å². The molecule has 2 aromatic heterocycles. The summed E-state index contributed by atoms with van der Waals surface area (Å²) in [5.74, 6) is 1.64. The first-order valence-corrected chi connectivity index (χ1v) is 9.66. The van der Waals surface area contributed by atoms with Crippen molar-refractivity contribution in [3.63, 3.8) is 0 Å². The minimum atomic E-state index is -4.66. The highest BCUT2D eigenvalue weighted by atomic mass is 32.2. The Morgan fingerprint density at radius 1 is 1.31 bits per heavy atom. The average Bonchev–Trinajstić information content (AvgIpc) is 3.26. The highest BCUT2D eigenvalue weighted by molar-refractivity contribution is 7.83. The Morgan fingerprint density at radius 3 is 2.65 bits per heavy atom. The first-order chi connectivity index (χ1) is 12.3. The van der Waals surface area contributed by atoms with Crippen molar-refractivity contribution in [3.05, 3.63) is 18.6 Å². The number of hydrogen-bond acceptors (Lipinski definition) is 4. The van der Waals surface area contributed by atoms with Gasteiger partial charge in [-0.15, -0.1) is 0 Å². The molecule has 1 saturated carbocycles. The lowest BCUT2D eigenvalue weighted by Gasteiger charge is -2.24. The fraction of sp³-hybridized carbons (Fsp3) is 0.625. The summed E-state index contributed by atoms with van der Waals surface area (Å²) in [6.45, 7) is 1.34. The molecule has 1 N–H and O–H groups in total. The van der Waals surface area contributed by atoms with Gasteiger partial charge in [0.2, 0.25) is 11.0 Å². The van der Waals surface area contributed by atoms with E-state index >= 15 is 0 Å². The molecule has 3 heterocycles. The predicted octanol–water partition coefficient (Wildman–Crippen LogP) is 2.54. The van der Waals surface area contributed by atoms with Crippen LogP contribution in [-0.4, -0.2) is 55.7 Å². The lowest BCUT2D eigenvalue weighted by atomic mass is 10.0. The molecule has 0 bridgehead atoms. The molecule has 2 aromatic rings. The van der Waals surface area contributed by atoms with Crippen LogP contribution in [0, 0.1) is 17.8 Å². The summed E-state index contributed by atoms with van der Waals surface area (Å²) in [6.07, 6.45) is 5.08. The molecule has 0 amide bonds. The van der Waals surface area contributed by atoms with Gasteiger partial charge in [0, 0.05) is 32.9 Å². The van der Waals surface area contributed by atoms with Crippen LogP contribution in [0.4, 0.5) is 19.0 Å². The van der Waals surface area contributed by atoms with Crippen molar-refractivity contribution in [2.24, 2.45) is 17.8 Å². The van der Waals surface area contributed by atoms with Crippen molar-refractivity contribution in [1.29, 1.82) is 0 Å². The summed E-state index contributed by atoms with van der Waals surface area (Å²) >= 11 is 0. The molecule has 4 rings (SSSR count). The van der Waals surface area contributed by atoms with Crippen molar-refractivity contribution in [1.82, 2.24) is 19.3 Å². The van der Waals surface area contributed by atoms with Crippen molar-refractivity contribution >= 4 is 27.8 Å². The third-order valence-electron chi connectivity index (χ3n) is 5.47. The van der Waals surface area contributed by atoms with Crippen LogP contribution >= 0.6 is 0 Å². The Bertz CT molecular complexity index is 812. The molecule has 26 heavy (non-hydrogen) atoms. The second-order valence-corrected chi connectivity index (χ2v) is 8.69. The molecule has 10 heteroatoms. The minimum absolute atomic E-state index is 0.192. The SMILES string of the molecule is CN(CC1CC2CN(S(=O)C(F)(F)F)CC2C1)c1ncnc2[nH]ccc12. The highest BCUT2D eigenvalue weighted by Gasteiger charge is 2.49. The predicted molar refractivity (Wildman–Crippen MR) is 92.6 cm³/mol. The number of halogens is 3. The normalized spacial score (nSPS) is 27.8. The number of nitrogens with one attached hydrogen (secondary N) is 1. The topological polar surface area (TPSA) is 65.1 Å². The van der Waals surface area contributed by atoms with Gasteiger partial charge in [0.05, 0.1) is 5.39 Å². The van der Waals surface area contributed by atoms with Gasteiger partial charge >= 0.3 is 5.51 Å². The van der Waals surface area contributed by atoms with Crippen LogP contribution in [0.3, 0.4) is 0 Å². The van der Waals surface area contributed by atoms with Crippen molar-refractivity contribution in [3.8, 4) is 0 Å². The summed E-state index contributed by atoms with van der Waals surface area (Å²) in [5.41, 5.74) is -3.87. The maximum Gasteiger partial charge on any atom is 0.485 e. The largest absolute Gasteiger partial charge is 0.485 e. The Morgan fingerprint density at radius 2 is 2.00 bits per heavy atom. The first kappa shape index (κ1) is 17.7. The molecule has 3 atom stereocenters. The van der Waals surface area contributed by atoms with E-state index in [1.54, 1.807) is 0 Å². The summed E-state index contributed by atoms with van der Waals surface area (Å²) < 4.78 is 50.6. The maximum atomic E-state index is 12.7. The number of rotatable bonds is 4. The number of H-pyrrole nitrogens is 1. The lowest BCUT2D eigenvalue weighted by molar-refractivity contribution is -0.0425. The van der Waals surface area contributed by atoms with E-state index in [4.69, 9.17) is 0 Å². The third-order valence-corrected chi connectivity index (χ3v) is 6.64. The van der Waals surface area contributed by atoms with Gasteiger partial charge in [0.25, 0.3) is 0 Å². The van der Waals surface area contributed by atoms with E-state index in [9.17, 15) is 17.4 Å². The standard InChI is InChI=1S/C16H20F3N5OS/c1-23(15-13-2-3-20-14(13)21-9-22-15)6-10-4-11-7-24(8-12(11)5-10)26(25)16(17,18)19/h2-3,9-12H,4-8H2,1H3,(H,20,21,22). The smallest absolute Gasteiger partial charge is 0.359 e. The fourth-order valence-corrected chi connectivity index (χ4v) is 5.40. The quantitative estimate of drug-likeness (QED) is 0.876. The van der Waals surface area contributed by atoms with Gasteiger partial charge in [-0.3, -0.25) is 0 Å². The molecular formula is C16H20F3N5OS. The summed E-state index contributed by atoms with van der Waals surface area (Å²) in [7, 11) is -0.902. The number of aromatic amines is 1. The minimum Gasteiger partial charge on any atom is -0.359 e. The second-order valence-electron chi connectivity index (χ2n) is 7.22. The monoisotopic (exact) mass is 387 g/mol. The number of aromatic nitrogens is 3. The Kier molecular flexibility index (Phi) is 4.42. The van der Waals surface area contributed by atoms with Gasteiger partial charge in [-0.1, -0.05) is 0 Å². The van der Waals surface area contributed by atoms with E-state index in [0.717, 1.165) is 40.5 Å². The van der Waals surface area contributed by atoms with E-state index < -0.39 is 16.5 Å². The van der Waals surface area contributed by atoms with Crippen LogP contribution in [-0.2, 0) is 11.0 Å². The first-order valence-electron chi connectivity index (χ1n) is 8.56. The van der Waals surface area contributed by atoms with Crippen LogP contribution in [0.25, 0.3) is 11.0 Å². The Labute approximate surface area is 151 Å². The second kappa shape index (κ2) is 6.49. The molecule has 142 valence electrons. The maximum absolute atomic E-state index is 12.7. The average molecular weight is 387 g/mol. The van der Waals surface area contributed by atoms with E-state index in [-0.39, 0.29) is 24.9 Å². The number of fused-ring (bicyclic) bond motifs is 2. The van der Waals surface area contributed by atoms with Gasteiger partial charge < -0.3 is 9.88 Å². The zero-order valence-corrected chi connectivity index (χ0v) is 15.1. The van der Waals surface area contributed by atoms with Gasteiger partial charge in [-0.2, -0.15) is 13.2 Å². The van der Waals surface area contributed by atoms with Crippen LogP contribution < -0.4 is 4.90 Å². The molecule has 0 aromatic carbocycles. The van der Waals surface area contributed by atoms with E-state index in [2.05, 4.69) is 19.9 Å². The van der Waals surface area contributed by atoms with Gasteiger partial charge in [-0.05, 0) is 36.7 Å². The van der Waals surface area contributed by atoms with E-state index in [0.29, 0.717) is 5.92 Å². The Hall–Kier alpha value is -1.68. The molecule has 1 saturated heterocycles.